The second-order valence-corrected chi connectivity index (χ2v) is 9.59. The Morgan fingerprint density at radius 3 is 2.19 bits per heavy atom. The lowest BCUT2D eigenvalue weighted by atomic mass is 9.98. The van der Waals surface area contributed by atoms with Crippen molar-refractivity contribution in [2.75, 3.05) is 0 Å². The lowest BCUT2D eigenvalue weighted by molar-refractivity contribution is -0.0501. The van der Waals surface area contributed by atoms with Gasteiger partial charge in [0.05, 0.1) is 5.52 Å². The van der Waals surface area contributed by atoms with Crippen molar-refractivity contribution in [1.82, 2.24) is 4.98 Å². The molecule has 1 aromatic heterocycles. The maximum Gasteiger partial charge on any atom is 0.534 e. The second kappa shape index (κ2) is 8.25. The van der Waals surface area contributed by atoms with Gasteiger partial charge in [-0.2, -0.15) is 21.6 Å². The van der Waals surface area contributed by atoms with Gasteiger partial charge < -0.3 is 8.92 Å². The molecule has 6 nitrogen and oxygen atoms in total. The molecule has 0 fully saturated rings. The second-order valence-electron chi connectivity index (χ2n) is 7.65. The highest BCUT2D eigenvalue weighted by atomic mass is 35.5. The summed E-state index contributed by atoms with van der Waals surface area (Å²) in [6.45, 7) is 4.61. The molecule has 11 heteroatoms. The summed E-state index contributed by atoms with van der Waals surface area (Å²) >= 11 is 6.27. The van der Waals surface area contributed by atoms with Crippen LogP contribution in [-0.4, -0.2) is 30.5 Å². The standard InChI is InChI=1S/C21H17ClF3NO5S/c1-20(2,3)30-19(27)17-18(31-32(28,29)21(23,24)25)16(12-8-4-6-10-14(12)22)13-9-5-7-11-15(13)26-17/h4-11H,1-3H3. The van der Waals surface area contributed by atoms with E-state index in [-0.39, 0.29) is 27.1 Å². The first-order valence-corrected chi connectivity index (χ1v) is 10.9. The van der Waals surface area contributed by atoms with Crippen molar-refractivity contribution in [3.05, 3.63) is 59.2 Å². The predicted molar refractivity (Wildman–Crippen MR) is 113 cm³/mol. The van der Waals surface area contributed by atoms with E-state index in [2.05, 4.69) is 9.17 Å². The summed E-state index contributed by atoms with van der Waals surface area (Å²) < 4.78 is 73.1. The summed E-state index contributed by atoms with van der Waals surface area (Å²) in [5, 5.41) is 0.313. The molecule has 0 radical (unpaired) electrons. The number of para-hydroxylation sites is 1. The molecule has 0 N–H and O–H groups in total. The van der Waals surface area contributed by atoms with Gasteiger partial charge in [-0.15, -0.1) is 0 Å². The third kappa shape index (κ3) is 4.81. The normalized spacial score (nSPS) is 12.6. The number of pyridine rings is 1. The number of carbonyl (C=O) groups excluding carboxylic acids is 1. The largest absolute Gasteiger partial charge is 0.534 e. The first-order valence-electron chi connectivity index (χ1n) is 9.13. The highest BCUT2D eigenvalue weighted by Gasteiger charge is 2.49. The van der Waals surface area contributed by atoms with Gasteiger partial charge in [-0.05, 0) is 32.9 Å². The molecule has 0 bridgehead atoms. The minimum Gasteiger partial charge on any atom is -0.455 e. The maximum absolute atomic E-state index is 13.2. The molecule has 0 saturated carbocycles. The van der Waals surface area contributed by atoms with Gasteiger partial charge in [-0.1, -0.05) is 48.0 Å². The zero-order valence-corrected chi connectivity index (χ0v) is 18.6. The van der Waals surface area contributed by atoms with Crippen LogP contribution in [0.2, 0.25) is 5.02 Å². The van der Waals surface area contributed by atoms with E-state index in [1.807, 2.05) is 0 Å². The fourth-order valence-electron chi connectivity index (χ4n) is 2.83. The van der Waals surface area contributed by atoms with Crippen molar-refractivity contribution >= 4 is 38.6 Å². The highest BCUT2D eigenvalue weighted by molar-refractivity contribution is 7.88. The number of nitrogens with zero attached hydrogens (tertiary/aromatic N) is 1. The maximum atomic E-state index is 13.2. The van der Waals surface area contributed by atoms with E-state index in [9.17, 15) is 26.4 Å². The Bertz CT molecular complexity index is 1300. The van der Waals surface area contributed by atoms with E-state index >= 15 is 0 Å². The van der Waals surface area contributed by atoms with Crippen molar-refractivity contribution < 1.29 is 35.3 Å². The molecule has 170 valence electrons. The number of benzene rings is 2. The smallest absolute Gasteiger partial charge is 0.455 e. The molecule has 0 aliphatic carbocycles. The SMILES string of the molecule is CC(C)(C)OC(=O)c1nc2ccccc2c(-c2ccccc2Cl)c1OS(=O)(=O)C(F)(F)F. The van der Waals surface area contributed by atoms with Crippen molar-refractivity contribution in [3.8, 4) is 16.9 Å². The van der Waals surface area contributed by atoms with Crippen LogP contribution in [0.25, 0.3) is 22.0 Å². The number of carbonyl (C=O) groups is 1. The Hall–Kier alpha value is -2.85. The summed E-state index contributed by atoms with van der Waals surface area (Å²) in [6.07, 6.45) is 0. The number of hydrogen-bond acceptors (Lipinski definition) is 6. The Morgan fingerprint density at radius 2 is 1.59 bits per heavy atom. The molecule has 0 amide bonds. The van der Waals surface area contributed by atoms with Crippen LogP contribution in [-0.2, 0) is 14.9 Å². The minimum absolute atomic E-state index is 0.0910. The van der Waals surface area contributed by atoms with Crippen LogP contribution < -0.4 is 4.18 Å². The van der Waals surface area contributed by atoms with E-state index in [0.29, 0.717) is 0 Å². The van der Waals surface area contributed by atoms with E-state index in [1.54, 1.807) is 24.3 Å². The minimum atomic E-state index is -6.15. The first-order chi connectivity index (χ1) is 14.7. The van der Waals surface area contributed by atoms with Crippen molar-refractivity contribution in [1.29, 1.82) is 0 Å². The highest BCUT2D eigenvalue weighted by Crippen LogP contribution is 2.43. The molecule has 1 heterocycles. The molecule has 0 atom stereocenters. The van der Waals surface area contributed by atoms with E-state index in [0.717, 1.165) is 0 Å². The van der Waals surface area contributed by atoms with Gasteiger partial charge in [0.2, 0.25) is 0 Å². The molecule has 0 aliphatic rings. The van der Waals surface area contributed by atoms with Crippen LogP contribution in [0.4, 0.5) is 13.2 Å². The van der Waals surface area contributed by atoms with Gasteiger partial charge in [-0.25, -0.2) is 9.78 Å². The average molecular weight is 488 g/mol. The Kier molecular flexibility index (Phi) is 6.14. The van der Waals surface area contributed by atoms with Crippen LogP contribution in [0, 0.1) is 0 Å². The molecule has 0 spiro atoms. The fourth-order valence-corrected chi connectivity index (χ4v) is 3.54. The average Bonchev–Trinajstić information content (AvgIpc) is 2.66. The van der Waals surface area contributed by atoms with Gasteiger partial charge in [0.25, 0.3) is 0 Å². The van der Waals surface area contributed by atoms with Gasteiger partial charge in [0, 0.05) is 21.5 Å². The molecule has 32 heavy (non-hydrogen) atoms. The lowest BCUT2D eigenvalue weighted by Gasteiger charge is -2.22. The lowest BCUT2D eigenvalue weighted by Crippen LogP contribution is -2.30. The topological polar surface area (TPSA) is 82.6 Å². The van der Waals surface area contributed by atoms with Crippen molar-refractivity contribution in [2.45, 2.75) is 31.9 Å². The summed E-state index contributed by atoms with van der Waals surface area (Å²) in [5.41, 5.74) is -7.34. The molecule has 0 unspecified atom stereocenters. The number of ether oxygens (including phenoxy) is 1. The van der Waals surface area contributed by atoms with Crippen LogP contribution >= 0.6 is 11.6 Å². The summed E-state index contributed by atoms with van der Waals surface area (Å²) in [7, 11) is -6.15. The predicted octanol–water partition coefficient (Wildman–Crippen LogP) is 5.74. The molecular weight excluding hydrogens is 471 g/mol. The number of esters is 1. The molecule has 2 aromatic carbocycles. The Balaban J connectivity index is 2.45. The van der Waals surface area contributed by atoms with Gasteiger partial charge in [0.15, 0.2) is 11.4 Å². The monoisotopic (exact) mass is 487 g/mol. The van der Waals surface area contributed by atoms with Crippen LogP contribution in [0.5, 0.6) is 5.75 Å². The number of aromatic nitrogens is 1. The van der Waals surface area contributed by atoms with Crippen molar-refractivity contribution in [2.24, 2.45) is 0 Å². The van der Waals surface area contributed by atoms with E-state index in [4.69, 9.17) is 16.3 Å². The Morgan fingerprint density at radius 1 is 1.00 bits per heavy atom. The van der Waals surface area contributed by atoms with Crippen molar-refractivity contribution in [3.63, 3.8) is 0 Å². The number of halogens is 4. The van der Waals surface area contributed by atoms with Crippen LogP contribution in [0.15, 0.2) is 48.5 Å². The summed E-state index contributed by atoms with van der Waals surface area (Å²) in [6, 6.07) is 12.2. The zero-order chi connectivity index (χ0) is 23.9. The van der Waals surface area contributed by atoms with E-state index < -0.39 is 38.6 Å². The zero-order valence-electron chi connectivity index (χ0n) is 17.0. The van der Waals surface area contributed by atoms with Crippen LogP contribution in [0.3, 0.4) is 0 Å². The summed E-state index contributed by atoms with van der Waals surface area (Å²) in [4.78, 5) is 16.9. The number of fused-ring (bicyclic) bond motifs is 1. The number of rotatable bonds is 4. The fraction of sp³-hybridized carbons (Fsp3) is 0.238. The third-order valence-corrected chi connectivity index (χ3v) is 5.34. The third-order valence-electron chi connectivity index (χ3n) is 4.06. The van der Waals surface area contributed by atoms with Gasteiger partial charge >= 0.3 is 21.6 Å². The first kappa shape index (κ1) is 23.8. The van der Waals surface area contributed by atoms with Gasteiger partial charge in [-0.3, -0.25) is 0 Å². The van der Waals surface area contributed by atoms with E-state index in [1.165, 1.54) is 45.0 Å². The number of alkyl halides is 3. The van der Waals surface area contributed by atoms with Crippen LogP contribution in [0.1, 0.15) is 31.3 Å². The Labute approximate surface area is 187 Å². The molecule has 3 rings (SSSR count). The summed E-state index contributed by atoms with van der Waals surface area (Å²) in [5.74, 6) is -2.09. The molecule has 0 saturated heterocycles. The molecule has 3 aromatic rings. The molecule has 0 aliphatic heterocycles. The number of hydrogen-bond donors (Lipinski definition) is 0. The molecular formula is C21H17ClF3NO5S. The quantitative estimate of drug-likeness (QED) is 0.265. The van der Waals surface area contributed by atoms with Gasteiger partial charge in [0.1, 0.15) is 5.60 Å².